The predicted molar refractivity (Wildman–Crippen MR) is 112 cm³/mol. The van der Waals surface area contributed by atoms with Gasteiger partial charge < -0.3 is 15.5 Å². The molecule has 5 heteroatoms. The van der Waals surface area contributed by atoms with Gasteiger partial charge in [-0.25, -0.2) is 4.79 Å². The first-order valence-electron chi connectivity index (χ1n) is 9.99. The maximum absolute atomic E-state index is 12.1. The summed E-state index contributed by atoms with van der Waals surface area (Å²) in [7, 11) is 0. The second-order valence-corrected chi connectivity index (χ2v) is 7.34. The number of aromatic hydroxyl groups is 1. The molecule has 0 unspecified atom stereocenters. The SMILES string of the molecule is CCCCCC[C@@H](C)C=C(C)C=CC(=O)N[C@@H](Cc1ccc(O)cc1)C(=O)O. The highest BCUT2D eigenvalue weighted by Gasteiger charge is 2.19. The average molecular weight is 388 g/mol. The van der Waals surface area contributed by atoms with Gasteiger partial charge in [-0.05, 0) is 37.0 Å². The molecule has 0 saturated carbocycles. The molecule has 0 aliphatic rings. The molecule has 1 aromatic rings. The molecule has 0 saturated heterocycles. The molecule has 1 amide bonds. The van der Waals surface area contributed by atoms with Gasteiger partial charge in [0.1, 0.15) is 11.8 Å². The lowest BCUT2D eigenvalue weighted by Crippen LogP contribution is -2.41. The number of nitrogens with one attached hydrogen (secondary N) is 1. The highest BCUT2D eigenvalue weighted by Crippen LogP contribution is 2.14. The molecule has 0 fully saturated rings. The summed E-state index contributed by atoms with van der Waals surface area (Å²) >= 11 is 0. The Hall–Kier alpha value is -2.56. The molecule has 0 spiro atoms. The van der Waals surface area contributed by atoms with Crippen LogP contribution >= 0.6 is 0 Å². The van der Waals surface area contributed by atoms with Crippen molar-refractivity contribution in [3.05, 3.63) is 53.6 Å². The molecule has 0 aliphatic carbocycles. The van der Waals surface area contributed by atoms with Crippen LogP contribution in [0, 0.1) is 5.92 Å². The van der Waals surface area contributed by atoms with Crippen molar-refractivity contribution in [3.63, 3.8) is 0 Å². The number of phenols is 1. The van der Waals surface area contributed by atoms with E-state index in [1.807, 2.05) is 6.92 Å². The minimum absolute atomic E-state index is 0.115. The van der Waals surface area contributed by atoms with Crippen LogP contribution in [0.3, 0.4) is 0 Å². The number of carbonyl (C=O) groups excluding carboxylic acids is 1. The number of carboxylic acid groups (broad SMARTS) is 1. The number of rotatable bonds is 12. The Morgan fingerprint density at radius 3 is 2.39 bits per heavy atom. The van der Waals surface area contributed by atoms with E-state index in [0.29, 0.717) is 5.92 Å². The zero-order valence-electron chi connectivity index (χ0n) is 17.1. The highest BCUT2D eigenvalue weighted by atomic mass is 16.4. The van der Waals surface area contributed by atoms with Crippen molar-refractivity contribution in [2.75, 3.05) is 0 Å². The normalized spacial score (nSPS) is 14.0. The molecule has 0 aliphatic heterocycles. The quantitative estimate of drug-likeness (QED) is 0.278. The van der Waals surface area contributed by atoms with Crippen LogP contribution in [-0.4, -0.2) is 28.1 Å². The summed E-state index contributed by atoms with van der Waals surface area (Å²) < 4.78 is 0. The molecule has 154 valence electrons. The number of carbonyl (C=O) groups is 2. The number of phenolic OH excluding ortho intramolecular Hbond substituents is 1. The Morgan fingerprint density at radius 1 is 1.11 bits per heavy atom. The molecule has 0 bridgehead atoms. The number of benzene rings is 1. The number of amides is 1. The summed E-state index contributed by atoms with van der Waals surface area (Å²) in [6.45, 7) is 6.31. The molecule has 3 N–H and O–H groups in total. The Labute approximate surface area is 168 Å². The van der Waals surface area contributed by atoms with Crippen LogP contribution < -0.4 is 5.32 Å². The van der Waals surface area contributed by atoms with E-state index >= 15 is 0 Å². The average Bonchev–Trinajstić information content (AvgIpc) is 2.64. The summed E-state index contributed by atoms with van der Waals surface area (Å²) in [4.78, 5) is 23.5. The van der Waals surface area contributed by atoms with Crippen molar-refractivity contribution < 1.29 is 19.8 Å². The van der Waals surface area contributed by atoms with Crippen molar-refractivity contribution in [1.82, 2.24) is 5.32 Å². The molecule has 5 nitrogen and oxygen atoms in total. The van der Waals surface area contributed by atoms with E-state index in [0.717, 1.165) is 17.6 Å². The van der Waals surface area contributed by atoms with Crippen molar-refractivity contribution in [2.24, 2.45) is 5.92 Å². The highest BCUT2D eigenvalue weighted by molar-refractivity contribution is 5.91. The van der Waals surface area contributed by atoms with Crippen molar-refractivity contribution in [3.8, 4) is 5.75 Å². The fraction of sp³-hybridized carbons (Fsp3) is 0.478. The van der Waals surface area contributed by atoms with Gasteiger partial charge in [-0.3, -0.25) is 4.79 Å². The smallest absolute Gasteiger partial charge is 0.326 e. The molecule has 0 heterocycles. The molecular weight excluding hydrogens is 354 g/mol. The zero-order chi connectivity index (χ0) is 20.9. The van der Waals surface area contributed by atoms with E-state index in [1.54, 1.807) is 18.2 Å². The van der Waals surface area contributed by atoms with Crippen molar-refractivity contribution in [2.45, 2.75) is 65.3 Å². The fourth-order valence-corrected chi connectivity index (χ4v) is 2.98. The maximum atomic E-state index is 12.1. The van der Waals surface area contributed by atoms with E-state index in [1.165, 1.54) is 43.9 Å². The van der Waals surface area contributed by atoms with Crippen LogP contribution in [0.15, 0.2) is 48.1 Å². The molecular formula is C23H33NO4. The van der Waals surface area contributed by atoms with Gasteiger partial charge in [-0.15, -0.1) is 0 Å². The van der Waals surface area contributed by atoms with Crippen LogP contribution in [0.5, 0.6) is 5.75 Å². The summed E-state index contributed by atoms with van der Waals surface area (Å²) in [5.41, 5.74) is 1.71. The summed E-state index contributed by atoms with van der Waals surface area (Å²) in [5.74, 6) is -0.965. The van der Waals surface area contributed by atoms with Gasteiger partial charge in [0.05, 0.1) is 0 Å². The standard InChI is InChI=1S/C23H33NO4/c1-4-5-6-7-8-17(2)15-18(3)9-14-22(26)24-21(23(27)28)16-19-10-12-20(25)13-11-19/h9-15,17,21,25H,4-8,16H2,1-3H3,(H,24,26)(H,27,28)/t17-,21+/m1/s1. The third kappa shape index (κ3) is 9.95. The Bertz CT molecular complexity index is 676. The number of carboxylic acids is 1. The molecule has 1 rings (SSSR count). The van der Waals surface area contributed by atoms with Crippen LogP contribution in [0.25, 0.3) is 0 Å². The number of hydrogen-bond acceptors (Lipinski definition) is 3. The summed E-state index contributed by atoms with van der Waals surface area (Å²) in [6.07, 6.45) is 11.5. The summed E-state index contributed by atoms with van der Waals surface area (Å²) in [6, 6.07) is 5.24. The van der Waals surface area contributed by atoms with E-state index in [-0.39, 0.29) is 12.2 Å². The van der Waals surface area contributed by atoms with E-state index < -0.39 is 17.9 Å². The zero-order valence-corrected chi connectivity index (χ0v) is 17.1. The van der Waals surface area contributed by atoms with E-state index in [9.17, 15) is 19.8 Å². The predicted octanol–water partition coefficient (Wildman–Crippen LogP) is 4.61. The van der Waals surface area contributed by atoms with Gasteiger partial charge in [-0.1, -0.05) is 69.4 Å². The first-order chi connectivity index (χ1) is 13.3. The molecule has 28 heavy (non-hydrogen) atoms. The van der Waals surface area contributed by atoms with Crippen molar-refractivity contribution in [1.29, 1.82) is 0 Å². The van der Waals surface area contributed by atoms with Gasteiger partial charge in [0.25, 0.3) is 0 Å². The molecule has 1 aromatic carbocycles. The number of aliphatic carboxylic acids is 1. The monoisotopic (exact) mass is 387 g/mol. The van der Waals surface area contributed by atoms with Gasteiger partial charge in [0.15, 0.2) is 0 Å². The Kier molecular flexibility index (Phi) is 10.7. The molecule has 2 atom stereocenters. The van der Waals surface area contributed by atoms with Crippen LogP contribution in [-0.2, 0) is 16.0 Å². The Morgan fingerprint density at radius 2 is 1.79 bits per heavy atom. The number of unbranched alkanes of at least 4 members (excludes halogenated alkanes) is 3. The third-order valence-corrected chi connectivity index (χ3v) is 4.55. The first kappa shape index (κ1) is 23.5. The largest absolute Gasteiger partial charge is 0.508 e. The molecule has 0 radical (unpaired) electrons. The van der Waals surface area contributed by atoms with Crippen LogP contribution in [0.1, 0.15) is 58.4 Å². The van der Waals surface area contributed by atoms with Gasteiger partial charge in [0, 0.05) is 12.5 Å². The van der Waals surface area contributed by atoms with Crippen molar-refractivity contribution >= 4 is 11.9 Å². The maximum Gasteiger partial charge on any atom is 0.326 e. The van der Waals surface area contributed by atoms with Crippen LogP contribution in [0.2, 0.25) is 0 Å². The van der Waals surface area contributed by atoms with E-state index in [2.05, 4.69) is 25.2 Å². The lowest BCUT2D eigenvalue weighted by molar-refractivity contribution is -0.141. The van der Waals surface area contributed by atoms with Gasteiger partial charge in [0.2, 0.25) is 5.91 Å². The fourth-order valence-electron chi connectivity index (χ4n) is 2.98. The van der Waals surface area contributed by atoms with Gasteiger partial charge in [-0.2, -0.15) is 0 Å². The first-order valence-corrected chi connectivity index (χ1v) is 9.99. The lowest BCUT2D eigenvalue weighted by Gasteiger charge is -2.13. The summed E-state index contributed by atoms with van der Waals surface area (Å²) in [5, 5.41) is 21.2. The van der Waals surface area contributed by atoms with E-state index in [4.69, 9.17) is 0 Å². The number of hydrogen-bond donors (Lipinski definition) is 3. The number of allylic oxidation sites excluding steroid dienone is 3. The Balaban J connectivity index is 2.55. The van der Waals surface area contributed by atoms with Gasteiger partial charge >= 0.3 is 5.97 Å². The second-order valence-electron chi connectivity index (χ2n) is 7.34. The third-order valence-electron chi connectivity index (χ3n) is 4.55. The topological polar surface area (TPSA) is 86.6 Å². The minimum atomic E-state index is -1.09. The van der Waals surface area contributed by atoms with Crippen LogP contribution in [0.4, 0.5) is 0 Å². The minimum Gasteiger partial charge on any atom is -0.508 e. The lowest BCUT2D eigenvalue weighted by atomic mass is 10.00. The molecule has 0 aromatic heterocycles. The second kappa shape index (κ2) is 12.8.